The van der Waals surface area contributed by atoms with E-state index in [2.05, 4.69) is 21.2 Å². The van der Waals surface area contributed by atoms with Gasteiger partial charge in [-0.05, 0) is 88.7 Å². The van der Waals surface area contributed by atoms with Crippen LogP contribution in [0.1, 0.15) is 38.8 Å². The summed E-state index contributed by atoms with van der Waals surface area (Å²) in [6.45, 7) is 8.35. The second kappa shape index (κ2) is 12.3. The van der Waals surface area contributed by atoms with Gasteiger partial charge in [-0.3, -0.25) is 13.9 Å². The molecule has 1 unspecified atom stereocenters. The zero-order valence-electron chi connectivity index (χ0n) is 22.6. The number of carbonyl (C=O) groups is 2. The van der Waals surface area contributed by atoms with Gasteiger partial charge in [-0.1, -0.05) is 45.8 Å². The van der Waals surface area contributed by atoms with E-state index in [-0.39, 0.29) is 11.4 Å². The lowest BCUT2D eigenvalue weighted by Gasteiger charge is -2.33. The second-order valence-electron chi connectivity index (χ2n) is 10.4. The SMILES string of the molecule is Cc1ccc(S(=O)(=O)N(CC(=O)N(Cc2ccc(F)cc2)C(C)C(=O)NC(C)(C)C)c2ccc(Br)cc2)cc1. The van der Waals surface area contributed by atoms with Crippen LogP contribution in [0.2, 0.25) is 0 Å². The fourth-order valence-corrected chi connectivity index (χ4v) is 5.50. The summed E-state index contributed by atoms with van der Waals surface area (Å²) in [6, 6.07) is 17.6. The standard InChI is InChI=1S/C29H33BrFN3O4S/c1-20-6-16-26(17-7-20)39(37,38)34(25-14-10-23(30)11-15-25)19-27(35)33(18-22-8-12-24(31)13-9-22)21(2)28(36)32-29(3,4)5/h6-17,21H,18-19H2,1-5H3,(H,32,36). The zero-order valence-corrected chi connectivity index (χ0v) is 25.0. The molecule has 3 aromatic carbocycles. The highest BCUT2D eigenvalue weighted by Crippen LogP contribution is 2.26. The lowest BCUT2D eigenvalue weighted by Crippen LogP contribution is -2.54. The molecule has 0 heterocycles. The summed E-state index contributed by atoms with van der Waals surface area (Å²) in [4.78, 5) is 28.3. The smallest absolute Gasteiger partial charge is 0.264 e. The number of hydrogen-bond acceptors (Lipinski definition) is 4. The molecule has 1 N–H and O–H groups in total. The molecule has 39 heavy (non-hydrogen) atoms. The van der Waals surface area contributed by atoms with Crippen molar-refractivity contribution in [3.8, 4) is 0 Å². The minimum Gasteiger partial charge on any atom is -0.350 e. The van der Waals surface area contributed by atoms with Gasteiger partial charge in [0.25, 0.3) is 10.0 Å². The molecule has 2 amide bonds. The predicted molar refractivity (Wildman–Crippen MR) is 154 cm³/mol. The molecule has 0 fully saturated rings. The molecule has 3 rings (SSSR count). The first-order valence-electron chi connectivity index (χ1n) is 12.4. The van der Waals surface area contributed by atoms with Gasteiger partial charge < -0.3 is 10.2 Å². The van der Waals surface area contributed by atoms with Crippen molar-refractivity contribution < 1.29 is 22.4 Å². The Bertz CT molecular complexity index is 1400. The molecule has 3 aromatic rings. The van der Waals surface area contributed by atoms with E-state index < -0.39 is 45.8 Å². The lowest BCUT2D eigenvalue weighted by molar-refractivity contribution is -0.140. The summed E-state index contributed by atoms with van der Waals surface area (Å²) in [5.41, 5.74) is 1.23. The molecule has 0 aliphatic rings. The van der Waals surface area contributed by atoms with Crippen molar-refractivity contribution >= 4 is 43.5 Å². The molecule has 10 heteroatoms. The maximum Gasteiger partial charge on any atom is 0.264 e. The number of amides is 2. The van der Waals surface area contributed by atoms with E-state index in [1.54, 1.807) is 43.3 Å². The van der Waals surface area contributed by atoms with Crippen molar-refractivity contribution in [2.75, 3.05) is 10.8 Å². The molecular weight excluding hydrogens is 585 g/mol. The number of benzene rings is 3. The van der Waals surface area contributed by atoms with Crippen LogP contribution in [0.4, 0.5) is 10.1 Å². The average Bonchev–Trinajstić information content (AvgIpc) is 2.86. The highest BCUT2D eigenvalue weighted by molar-refractivity contribution is 9.10. The summed E-state index contributed by atoms with van der Waals surface area (Å²) in [5.74, 6) is -1.41. The molecule has 0 aromatic heterocycles. The molecule has 0 aliphatic carbocycles. The number of sulfonamides is 1. The number of nitrogens with zero attached hydrogens (tertiary/aromatic N) is 2. The van der Waals surface area contributed by atoms with Crippen LogP contribution in [-0.4, -0.2) is 43.3 Å². The molecule has 0 bridgehead atoms. The third-order valence-electron chi connectivity index (χ3n) is 5.93. The van der Waals surface area contributed by atoms with Crippen LogP contribution < -0.4 is 9.62 Å². The number of rotatable bonds is 9. The minimum atomic E-state index is -4.15. The van der Waals surface area contributed by atoms with Gasteiger partial charge in [0.1, 0.15) is 18.4 Å². The van der Waals surface area contributed by atoms with Gasteiger partial charge in [-0.15, -0.1) is 0 Å². The Balaban J connectivity index is 2.02. The van der Waals surface area contributed by atoms with Crippen molar-refractivity contribution in [2.45, 2.75) is 57.6 Å². The van der Waals surface area contributed by atoms with Gasteiger partial charge in [0, 0.05) is 16.6 Å². The third-order valence-corrected chi connectivity index (χ3v) is 8.25. The van der Waals surface area contributed by atoms with E-state index in [0.717, 1.165) is 14.3 Å². The predicted octanol–water partition coefficient (Wildman–Crippen LogP) is 5.42. The Morgan fingerprint density at radius 3 is 2.05 bits per heavy atom. The van der Waals surface area contributed by atoms with Crippen molar-refractivity contribution in [1.82, 2.24) is 10.2 Å². The van der Waals surface area contributed by atoms with E-state index in [1.165, 1.54) is 41.3 Å². The van der Waals surface area contributed by atoms with Gasteiger partial charge in [0.15, 0.2) is 0 Å². The number of nitrogens with one attached hydrogen (secondary N) is 1. The van der Waals surface area contributed by atoms with E-state index >= 15 is 0 Å². The molecular formula is C29H33BrFN3O4S. The lowest BCUT2D eigenvalue weighted by atomic mass is 10.1. The Kier molecular flexibility index (Phi) is 9.55. The van der Waals surface area contributed by atoms with Crippen molar-refractivity contribution in [1.29, 1.82) is 0 Å². The first kappa shape index (κ1) is 30.3. The monoisotopic (exact) mass is 617 g/mol. The van der Waals surface area contributed by atoms with Gasteiger partial charge in [0.2, 0.25) is 11.8 Å². The Hall–Kier alpha value is -3.24. The highest BCUT2D eigenvalue weighted by atomic mass is 79.9. The summed E-state index contributed by atoms with van der Waals surface area (Å²) in [5, 5.41) is 2.87. The molecule has 0 aliphatic heterocycles. The third kappa shape index (κ3) is 8.12. The van der Waals surface area contributed by atoms with Crippen molar-refractivity contribution in [3.63, 3.8) is 0 Å². The minimum absolute atomic E-state index is 0.0173. The molecule has 208 valence electrons. The number of anilines is 1. The fourth-order valence-electron chi connectivity index (χ4n) is 3.82. The van der Waals surface area contributed by atoms with Crippen LogP contribution in [0.15, 0.2) is 82.2 Å². The Morgan fingerprint density at radius 2 is 1.51 bits per heavy atom. The van der Waals surface area contributed by atoms with Gasteiger partial charge in [-0.2, -0.15) is 0 Å². The topological polar surface area (TPSA) is 86.8 Å². The Labute approximate surface area is 238 Å². The van der Waals surface area contributed by atoms with Gasteiger partial charge in [-0.25, -0.2) is 12.8 Å². The quantitative estimate of drug-likeness (QED) is 0.347. The molecule has 0 radical (unpaired) electrons. The largest absolute Gasteiger partial charge is 0.350 e. The number of halogens is 2. The summed E-state index contributed by atoms with van der Waals surface area (Å²) >= 11 is 3.36. The Morgan fingerprint density at radius 1 is 0.949 bits per heavy atom. The van der Waals surface area contributed by atoms with Crippen LogP contribution in [-0.2, 0) is 26.2 Å². The van der Waals surface area contributed by atoms with Crippen molar-refractivity contribution in [2.24, 2.45) is 0 Å². The number of aryl methyl sites for hydroxylation is 1. The molecule has 0 spiro atoms. The maximum absolute atomic E-state index is 13.9. The molecule has 7 nitrogen and oxygen atoms in total. The van der Waals surface area contributed by atoms with Gasteiger partial charge in [0.05, 0.1) is 10.6 Å². The summed E-state index contributed by atoms with van der Waals surface area (Å²) in [7, 11) is -4.15. The normalized spacial score (nSPS) is 12.5. The second-order valence-corrected chi connectivity index (χ2v) is 13.1. The number of carbonyl (C=O) groups excluding carboxylic acids is 2. The average molecular weight is 619 g/mol. The van der Waals surface area contributed by atoms with E-state index in [4.69, 9.17) is 0 Å². The maximum atomic E-state index is 13.9. The van der Waals surface area contributed by atoms with Crippen molar-refractivity contribution in [3.05, 3.63) is 94.2 Å². The van der Waals surface area contributed by atoms with Crippen LogP contribution in [0.5, 0.6) is 0 Å². The summed E-state index contributed by atoms with van der Waals surface area (Å²) in [6.07, 6.45) is 0. The molecule has 0 saturated heterocycles. The van der Waals surface area contributed by atoms with Gasteiger partial charge >= 0.3 is 0 Å². The zero-order chi connectivity index (χ0) is 29.0. The number of hydrogen-bond donors (Lipinski definition) is 1. The van der Waals surface area contributed by atoms with Crippen LogP contribution in [0.3, 0.4) is 0 Å². The highest BCUT2D eigenvalue weighted by Gasteiger charge is 2.33. The first-order chi connectivity index (χ1) is 18.2. The fraction of sp³-hybridized carbons (Fsp3) is 0.310. The van der Waals surface area contributed by atoms with E-state index in [0.29, 0.717) is 11.3 Å². The summed E-state index contributed by atoms with van der Waals surface area (Å²) < 4.78 is 42.9. The van der Waals surface area contributed by atoms with Crippen LogP contribution in [0, 0.1) is 12.7 Å². The molecule has 1 atom stereocenters. The molecule has 0 saturated carbocycles. The van der Waals surface area contributed by atoms with E-state index in [1.807, 2.05) is 27.7 Å². The van der Waals surface area contributed by atoms with Crippen LogP contribution in [0.25, 0.3) is 0 Å². The first-order valence-corrected chi connectivity index (χ1v) is 14.6. The van der Waals surface area contributed by atoms with Crippen LogP contribution >= 0.6 is 15.9 Å². The van der Waals surface area contributed by atoms with E-state index in [9.17, 15) is 22.4 Å².